The molecule has 0 amide bonds. The number of ether oxygens (including phenoxy) is 1. The molecule has 2 heterocycles. The fourth-order valence-electron chi connectivity index (χ4n) is 4.70. The quantitative estimate of drug-likeness (QED) is 0.632. The lowest BCUT2D eigenvalue weighted by molar-refractivity contribution is 0.0961. The van der Waals surface area contributed by atoms with E-state index in [1.807, 2.05) is 18.2 Å². The molecule has 4 heteroatoms. The fraction of sp³-hybridized carbons (Fsp3) is 0.500. The number of piperidine rings is 1. The molecular formula is C26H34N2O2. The minimum absolute atomic E-state index is 0.296. The molecule has 2 aliphatic heterocycles. The Balaban J connectivity index is 1.22. The second-order valence-corrected chi connectivity index (χ2v) is 8.79. The van der Waals surface area contributed by atoms with Gasteiger partial charge in [0, 0.05) is 30.8 Å². The van der Waals surface area contributed by atoms with Crippen molar-refractivity contribution in [3.63, 3.8) is 0 Å². The highest BCUT2D eigenvalue weighted by Gasteiger charge is 2.21. The molecule has 0 aromatic heterocycles. The summed E-state index contributed by atoms with van der Waals surface area (Å²) < 4.78 is 5.24. The number of nitrogens with one attached hydrogen (secondary N) is 1. The van der Waals surface area contributed by atoms with E-state index in [0.717, 1.165) is 50.3 Å². The Morgan fingerprint density at radius 1 is 1.10 bits per heavy atom. The lowest BCUT2D eigenvalue weighted by Gasteiger charge is -2.32. The number of fused-ring (bicyclic) bond motifs is 1. The summed E-state index contributed by atoms with van der Waals surface area (Å²) in [5.41, 5.74) is 4.74. The highest BCUT2D eigenvalue weighted by Crippen LogP contribution is 2.27. The predicted molar refractivity (Wildman–Crippen MR) is 122 cm³/mol. The number of anilines is 1. The van der Waals surface area contributed by atoms with Crippen molar-refractivity contribution in [3.8, 4) is 5.75 Å². The molecule has 0 aliphatic carbocycles. The van der Waals surface area contributed by atoms with Gasteiger partial charge in [-0.15, -0.1) is 0 Å². The summed E-state index contributed by atoms with van der Waals surface area (Å²) >= 11 is 0. The maximum Gasteiger partial charge on any atom is 0.162 e. The number of aryl methyl sites for hydroxylation is 1. The number of nitrogens with zero attached hydrogens (tertiary/aromatic N) is 1. The molecular weight excluding hydrogens is 372 g/mol. The first-order valence-corrected chi connectivity index (χ1v) is 11.5. The summed E-state index contributed by atoms with van der Waals surface area (Å²) in [5.74, 6) is 1.87. The van der Waals surface area contributed by atoms with Crippen LogP contribution in [-0.2, 0) is 13.0 Å². The molecule has 0 unspecified atom stereocenters. The van der Waals surface area contributed by atoms with Gasteiger partial charge in [0.05, 0.1) is 7.11 Å². The van der Waals surface area contributed by atoms with E-state index in [1.165, 1.54) is 42.5 Å². The van der Waals surface area contributed by atoms with Crippen LogP contribution in [0.3, 0.4) is 0 Å². The first kappa shape index (κ1) is 20.9. The van der Waals surface area contributed by atoms with Crippen molar-refractivity contribution in [2.45, 2.75) is 51.5 Å². The molecule has 0 radical (unpaired) electrons. The molecule has 0 bridgehead atoms. The summed E-state index contributed by atoms with van der Waals surface area (Å²) in [6.45, 7) is 4.25. The van der Waals surface area contributed by atoms with Crippen LogP contribution in [0.5, 0.6) is 5.75 Å². The lowest BCUT2D eigenvalue weighted by atomic mass is 9.90. The normalized spacial score (nSPS) is 17.6. The number of benzene rings is 2. The standard InChI is InChI=1S/C26H34N2O2/c1-30-24-10-5-21(6-11-24)19-28-16-13-20(14-17-28)7-12-26(29)23-9-8-22-4-2-3-15-27-25(22)18-23/h5-6,8-11,18,20,27H,2-4,7,12-17,19H2,1H3. The van der Waals surface area contributed by atoms with Gasteiger partial charge in [0.1, 0.15) is 5.75 Å². The number of hydrogen-bond acceptors (Lipinski definition) is 4. The van der Waals surface area contributed by atoms with E-state index in [0.29, 0.717) is 18.1 Å². The Morgan fingerprint density at radius 2 is 1.90 bits per heavy atom. The smallest absolute Gasteiger partial charge is 0.162 e. The van der Waals surface area contributed by atoms with Gasteiger partial charge in [-0.05, 0) is 86.9 Å². The molecule has 160 valence electrons. The van der Waals surface area contributed by atoms with Gasteiger partial charge in [-0.3, -0.25) is 9.69 Å². The van der Waals surface area contributed by atoms with Crippen LogP contribution in [0.25, 0.3) is 0 Å². The van der Waals surface area contributed by atoms with Gasteiger partial charge in [0.2, 0.25) is 0 Å². The van der Waals surface area contributed by atoms with Crippen LogP contribution in [0, 0.1) is 5.92 Å². The van der Waals surface area contributed by atoms with Crippen molar-refractivity contribution in [1.82, 2.24) is 4.90 Å². The molecule has 4 rings (SSSR count). The van der Waals surface area contributed by atoms with E-state index >= 15 is 0 Å². The molecule has 0 atom stereocenters. The van der Waals surface area contributed by atoms with Crippen molar-refractivity contribution in [1.29, 1.82) is 0 Å². The van der Waals surface area contributed by atoms with Crippen LogP contribution in [0.1, 0.15) is 60.0 Å². The maximum atomic E-state index is 12.8. The van der Waals surface area contributed by atoms with Crippen molar-refractivity contribution in [2.75, 3.05) is 32.1 Å². The average Bonchev–Trinajstić information content (AvgIpc) is 3.04. The second kappa shape index (κ2) is 10.1. The van der Waals surface area contributed by atoms with Gasteiger partial charge in [0.25, 0.3) is 0 Å². The average molecular weight is 407 g/mol. The maximum absolute atomic E-state index is 12.8. The van der Waals surface area contributed by atoms with Gasteiger partial charge in [-0.1, -0.05) is 24.3 Å². The Bertz CT molecular complexity index is 839. The monoisotopic (exact) mass is 406 g/mol. The Kier molecular flexibility index (Phi) is 7.06. The number of methoxy groups -OCH3 is 1. The second-order valence-electron chi connectivity index (χ2n) is 8.79. The van der Waals surface area contributed by atoms with Crippen LogP contribution < -0.4 is 10.1 Å². The highest BCUT2D eigenvalue weighted by atomic mass is 16.5. The summed E-state index contributed by atoms with van der Waals surface area (Å²) in [5, 5.41) is 3.49. The molecule has 0 saturated carbocycles. The zero-order valence-electron chi connectivity index (χ0n) is 18.2. The Labute approximate surface area is 180 Å². The molecule has 1 N–H and O–H groups in total. The van der Waals surface area contributed by atoms with Crippen LogP contribution in [0.2, 0.25) is 0 Å². The SMILES string of the molecule is COc1ccc(CN2CCC(CCC(=O)c3ccc4c(c3)NCCCC4)CC2)cc1. The minimum atomic E-state index is 0.296. The van der Waals surface area contributed by atoms with E-state index in [9.17, 15) is 4.79 Å². The molecule has 1 fully saturated rings. The van der Waals surface area contributed by atoms with Crippen LogP contribution in [0.4, 0.5) is 5.69 Å². The van der Waals surface area contributed by atoms with Gasteiger partial charge < -0.3 is 10.1 Å². The molecule has 2 aromatic carbocycles. The van der Waals surface area contributed by atoms with Gasteiger partial charge in [-0.2, -0.15) is 0 Å². The number of carbonyl (C=O) groups excluding carboxylic acids is 1. The van der Waals surface area contributed by atoms with Crippen molar-refractivity contribution in [3.05, 3.63) is 59.2 Å². The summed E-state index contributed by atoms with van der Waals surface area (Å²) in [4.78, 5) is 15.3. The summed E-state index contributed by atoms with van der Waals surface area (Å²) in [6.07, 6.45) is 7.61. The number of likely N-dealkylation sites (tertiary alicyclic amines) is 1. The Hall–Kier alpha value is -2.33. The van der Waals surface area contributed by atoms with Crippen LogP contribution in [-0.4, -0.2) is 37.4 Å². The third kappa shape index (κ3) is 5.42. The first-order chi connectivity index (χ1) is 14.7. The van der Waals surface area contributed by atoms with Crippen LogP contribution >= 0.6 is 0 Å². The molecule has 2 aliphatic rings. The number of Topliss-reactive ketones (excluding diaryl/α,β-unsaturated/α-hetero) is 1. The number of rotatable bonds is 7. The third-order valence-electron chi connectivity index (χ3n) is 6.67. The zero-order valence-corrected chi connectivity index (χ0v) is 18.2. The van der Waals surface area contributed by atoms with Gasteiger partial charge in [-0.25, -0.2) is 0 Å². The van der Waals surface area contributed by atoms with E-state index < -0.39 is 0 Å². The number of carbonyl (C=O) groups is 1. The van der Waals surface area contributed by atoms with E-state index in [-0.39, 0.29) is 0 Å². The minimum Gasteiger partial charge on any atom is -0.497 e. The summed E-state index contributed by atoms with van der Waals surface area (Å²) in [6, 6.07) is 14.6. The summed E-state index contributed by atoms with van der Waals surface area (Å²) in [7, 11) is 1.70. The van der Waals surface area contributed by atoms with Gasteiger partial charge in [0.15, 0.2) is 5.78 Å². The molecule has 1 saturated heterocycles. The van der Waals surface area contributed by atoms with Crippen molar-refractivity contribution in [2.24, 2.45) is 5.92 Å². The largest absolute Gasteiger partial charge is 0.497 e. The fourth-order valence-corrected chi connectivity index (χ4v) is 4.70. The molecule has 4 nitrogen and oxygen atoms in total. The molecule has 2 aromatic rings. The van der Waals surface area contributed by atoms with Gasteiger partial charge >= 0.3 is 0 Å². The van der Waals surface area contributed by atoms with Crippen molar-refractivity contribution < 1.29 is 9.53 Å². The lowest BCUT2D eigenvalue weighted by Crippen LogP contribution is -2.33. The van der Waals surface area contributed by atoms with E-state index in [2.05, 4.69) is 34.5 Å². The van der Waals surface area contributed by atoms with E-state index in [1.54, 1.807) is 7.11 Å². The highest BCUT2D eigenvalue weighted by molar-refractivity contribution is 5.97. The zero-order chi connectivity index (χ0) is 20.8. The van der Waals surface area contributed by atoms with E-state index in [4.69, 9.17) is 4.74 Å². The Morgan fingerprint density at radius 3 is 2.67 bits per heavy atom. The first-order valence-electron chi connectivity index (χ1n) is 11.5. The topological polar surface area (TPSA) is 41.6 Å². The third-order valence-corrected chi connectivity index (χ3v) is 6.67. The molecule has 30 heavy (non-hydrogen) atoms. The predicted octanol–water partition coefficient (Wildman–Crippen LogP) is 5.32. The van der Waals surface area contributed by atoms with Crippen LogP contribution in [0.15, 0.2) is 42.5 Å². The number of ketones is 1. The number of hydrogen-bond donors (Lipinski definition) is 1. The molecule has 0 spiro atoms. The van der Waals surface area contributed by atoms with Crippen molar-refractivity contribution >= 4 is 11.5 Å².